The molecule has 6 atom stereocenters. The number of aliphatic hydroxyl groups is 2. The van der Waals surface area contributed by atoms with E-state index in [0.29, 0.717) is 5.75 Å². The van der Waals surface area contributed by atoms with Gasteiger partial charge in [-0.25, -0.2) is 4.79 Å². The van der Waals surface area contributed by atoms with Gasteiger partial charge in [0.25, 0.3) is 0 Å². The molecule has 0 aromatic heterocycles. The minimum atomic E-state index is -1.59. The molecule has 0 radical (unpaired) electrons. The first kappa shape index (κ1) is 29.6. The van der Waals surface area contributed by atoms with Crippen molar-refractivity contribution in [1.29, 1.82) is 0 Å². The molecule has 13 nitrogen and oxygen atoms in total. The van der Waals surface area contributed by atoms with Crippen LogP contribution >= 0.6 is 11.8 Å². The fourth-order valence-electron chi connectivity index (χ4n) is 2.46. The molecule has 0 aromatic rings. The summed E-state index contributed by atoms with van der Waals surface area (Å²) in [5.74, 6) is -4.29. The number of amides is 4. The van der Waals surface area contributed by atoms with Gasteiger partial charge in [-0.2, -0.15) is 11.8 Å². The lowest BCUT2D eigenvalue weighted by atomic mass is 10.1. The van der Waals surface area contributed by atoms with Crippen molar-refractivity contribution >= 4 is 41.4 Å². The van der Waals surface area contributed by atoms with Crippen LogP contribution in [0.2, 0.25) is 0 Å². The molecule has 0 aliphatic rings. The molecule has 184 valence electrons. The molecule has 0 heterocycles. The molecule has 0 bridgehead atoms. The number of carboxylic acid groups (broad SMARTS) is 1. The number of nitrogens with one attached hydrogen (secondary N) is 3. The number of aliphatic hydroxyl groups excluding tert-OH is 2. The second kappa shape index (κ2) is 14.6. The normalized spacial score (nSPS) is 16.6. The summed E-state index contributed by atoms with van der Waals surface area (Å²) in [6, 6.07) is -5.41. The number of carbonyl (C=O) groups is 5. The van der Waals surface area contributed by atoms with Crippen molar-refractivity contribution < 1.29 is 39.3 Å². The van der Waals surface area contributed by atoms with Gasteiger partial charge in [0.2, 0.25) is 23.6 Å². The summed E-state index contributed by atoms with van der Waals surface area (Å²) in [6.45, 7) is 2.47. The third kappa shape index (κ3) is 10.7. The lowest BCUT2D eigenvalue weighted by Gasteiger charge is -2.26. The van der Waals surface area contributed by atoms with Crippen LogP contribution in [-0.4, -0.2) is 93.3 Å². The van der Waals surface area contributed by atoms with Crippen LogP contribution in [0.1, 0.15) is 33.1 Å². The Labute approximate surface area is 190 Å². The first-order valence-corrected chi connectivity index (χ1v) is 11.2. The highest BCUT2D eigenvalue weighted by molar-refractivity contribution is 7.98. The van der Waals surface area contributed by atoms with E-state index >= 15 is 0 Å². The predicted molar refractivity (Wildman–Crippen MR) is 116 cm³/mol. The van der Waals surface area contributed by atoms with Gasteiger partial charge >= 0.3 is 5.97 Å². The van der Waals surface area contributed by atoms with E-state index in [1.54, 1.807) is 6.26 Å². The molecule has 4 amide bonds. The molecular weight excluding hydrogens is 446 g/mol. The van der Waals surface area contributed by atoms with Gasteiger partial charge in [0.15, 0.2) is 6.04 Å². The summed E-state index contributed by atoms with van der Waals surface area (Å²) in [7, 11) is 0. The quantitative estimate of drug-likeness (QED) is 0.116. The first-order chi connectivity index (χ1) is 14.8. The zero-order chi connectivity index (χ0) is 25.0. The van der Waals surface area contributed by atoms with E-state index in [4.69, 9.17) is 16.6 Å². The summed E-state index contributed by atoms with van der Waals surface area (Å²) in [5.41, 5.74) is 10.7. The SMILES string of the molecule is CSCCC(NC(=O)C(CCC(N)=O)NC(=O)C(N)C(C)O)C(=O)NC(C(=O)O)C(C)O. The second-order valence-corrected chi connectivity index (χ2v) is 8.23. The van der Waals surface area contributed by atoms with Crippen molar-refractivity contribution in [2.75, 3.05) is 12.0 Å². The van der Waals surface area contributed by atoms with Crippen LogP contribution < -0.4 is 27.4 Å². The highest BCUT2D eigenvalue weighted by atomic mass is 32.2. The molecule has 0 aliphatic carbocycles. The number of hydrogen-bond donors (Lipinski definition) is 8. The topological polar surface area (TPSA) is 234 Å². The van der Waals surface area contributed by atoms with Gasteiger partial charge in [0.1, 0.15) is 18.1 Å². The molecule has 0 saturated carbocycles. The number of hydrogen-bond acceptors (Lipinski definition) is 9. The molecule has 0 rings (SSSR count). The highest BCUT2D eigenvalue weighted by Gasteiger charge is 2.32. The fourth-order valence-corrected chi connectivity index (χ4v) is 2.93. The average Bonchev–Trinajstić information content (AvgIpc) is 2.70. The minimum absolute atomic E-state index is 0.120. The maximum absolute atomic E-state index is 12.8. The number of carboxylic acids is 1. The smallest absolute Gasteiger partial charge is 0.328 e. The van der Waals surface area contributed by atoms with Gasteiger partial charge < -0.3 is 42.7 Å². The molecule has 6 unspecified atom stereocenters. The molecular formula is C18H33N5O8S. The van der Waals surface area contributed by atoms with Gasteiger partial charge in [-0.1, -0.05) is 0 Å². The van der Waals surface area contributed by atoms with E-state index in [9.17, 15) is 34.2 Å². The molecule has 10 N–H and O–H groups in total. The maximum atomic E-state index is 12.8. The highest BCUT2D eigenvalue weighted by Crippen LogP contribution is 2.06. The van der Waals surface area contributed by atoms with Gasteiger partial charge in [0.05, 0.1) is 12.2 Å². The van der Waals surface area contributed by atoms with E-state index < -0.39 is 66.0 Å². The summed E-state index contributed by atoms with van der Waals surface area (Å²) >= 11 is 1.37. The average molecular weight is 480 g/mol. The Morgan fingerprint density at radius 2 is 1.38 bits per heavy atom. The van der Waals surface area contributed by atoms with Crippen LogP contribution in [0.4, 0.5) is 0 Å². The lowest BCUT2D eigenvalue weighted by molar-refractivity contribution is -0.145. The van der Waals surface area contributed by atoms with E-state index in [2.05, 4.69) is 16.0 Å². The van der Waals surface area contributed by atoms with Crippen LogP contribution in [0, 0.1) is 0 Å². The van der Waals surface area contributed by atoms with Crippen LogP contribution in [-0.2, 0) is 24.0 Å². The summed E-state index contributed by atoms with van der Waals surface area (Å²) in [6.07, 6.45) is -1.16. The Morgan fingerprint density at radius 1 is 0.875 bits per heavy atom. The third-order valence-corrected chi connectivity index (χ3v) is 5.07. The number of nitrogens with two attached hydrogens (primary N) is 2. The Hall–Kier alpha value is -2.42. The Kier molecular flexibility index (Phi) is 13.5. The summed E-state index contributed by atoms with van der Waals surface area (Å²) in [4.78, 5) is 59.9. The van der Waals surface area contributed by atoms with Gasteiger partial charge in [0, 0.05) is 6.42 Å². The molecule has 0 aromatic carbocycles. The molecule has 0 aliphatic heterocycles. The number of aliphatic carboxylic acids is 1. The summed E-state index contributed by atoms with van der Waals surface area (Å²) < 4.78 is 0. The van der Waals surface area contributed by atoms with E-state index in [-0.39, 0.29) is 19.3 Å². The van der Waals surface area contributed by atoms with Crippen molar-refractivity contribution in [3.05, 3.63) is 0 Å². The lowest BCUT2D eigenvalue weighted by Crippen LogP contribution is -2.59. The van der Waals surface area contributed by atoms with Crippen molar-refractivity contribution in [2.24, 2.45) is 11.5 Å². The predicted octanol–water partition coefficient (Wildman–Crippen LogP) is -3.37. The van der Waals surface area contributed by atoms with Crippen LogP contribution in [0.3, 0.4) is 0 Å². The van der Waals surface area contributed by atoms with Crippen LogP contribution in [0.15, 0.2) is 0 Å². The van der Waals surface area contributed by atoms with Crippen molar-refractivity contribution in [3.63, 3.8) is 0 Å². The van der Waals surface area contributed by atoms with E-state index in [1.165, 1.54) is 25.6 Å². The molecule has 0 saturated heterocycles. The number of primary amides is 1. The largest absolute Gasteiger partial charge is 0.480 e. The number of rotatable bonds is 15. The van der Waals surface area contributed by atoms with Crippen LogP contribution in [0.5, 0.6) is 0 Å². The maximum Gasteiger partial charge on any atom is 0.328 e. The van der Waals surface area contributed by atoms with Crippen molar-refractivity contribution in [3.8, 4) is 0 Å². The van der Waals surface area contributed by atoms with E-state index in [0.717, 1.165) is 0 Å². The van der Waals surface area contributed by atoms with Gasteiger partial charge in [-0.15, -0.1) is 0 Å². The number of carbonyl (C=O) groups excluding carboxylic acids is 4. The van der Waals surface area contributed by atoms with Crippen molar-refractivity contribution in [2.45, 2.75) is 69.5 Å². The van der Waals surface area contributed by atoms with Crippen molar-refractivity contribution in [1.82, 2.24) is 16.0 Å². The first-order valence-electron chi connectivity index (χ1n) is 9.84. The zero-order valence-corrected chi connectivity index (χ0v) is 19.1. The zero-order valence-electron chi connectivity index (χ0n) is 18.2. The van der Waals surface area contributed by atoms with Crippen LogP contribution in [0.25, 0.3) is 0 Å². The van der Waals surface area contributed by atoms with Gasteiger partial charge in [-0.3, -0.25) is 19.2 Å². The molecule has 0 spiro atoms. The van der Waals surface area contributed by atoms with Gasteiger partial charge in [-0.05, 0) is 38.7 Å². The minimum Gasteiger partial charge on any atom is -0.480 e. The van der Waals surface area contributed by atoms with E-state index in [1.807, 2.05) is 0 Å². The fraction of sp³-hybridized carbons (Fsp3) is 0.722. The monoisotopic (exact) mass is 479 g/mol. The summed E-state index contributed by atoms with van der Waals surface area (Å²) in [5, 5.41) is 35.1. The molecule has 32 heavy (non-hydrogen) atoms. The second-order valence-electron chi connectivity index (χ2n) is 7.24. The molecule has 14 heteroatoms. The third-order valence-electron chi connectivity index (χ3n) is 4.42. The Morgan fingerprint density at radius 3 is 1.81 bits per heavy atom. The standard InChI is InChI=1S/C18H33N5O8S/c1-8(24)13(20)17(29)22-10(4-5-12(19)26)15(27)21-11(6-7-32-3)16(28)23-14(9(2)25)18(30)31/h8-11,13-14,24-25H,4-7,20H2,1-3H3,(H2,19,26)(H,21,27)(H,22,29)(H,23,28)(H,30,31). The Bertz CT molecular complexity index is 676. The molecule has 0 fully saturated rings. The Balaban J connectivity index is 5.52. The number of thioether (sulfide) groups is 1.